The van der Waals surface area contributed by atoms with Crippen molar-refractivity contribution in [1.29, 1.82) is 0 Å². The highest BCUT2D eigenvalue weighted by Crippen LogP contribution is 2.34. The molecule has 9 heteroatoms. The van der Waals surface area contributed by atoms with Crippen molar-refractivity contribution in [2.75, 3.05) is 19.1 Å². The number of aromatic hydroxyl groups is 1. The number of benzene rings is 2. The smallest absolute Gasteiger partial charge is 0.270 e. The number of hydrogen-bond donors (Lipinski definition) is 2. The van der Waals surface area contributed by atoms with E-state index < -0.39 is 11.8 Å². The molecule has 2 aromatic rings. The maximum atomic E-state index is 13.1. The molecule has 144 valence electrons. The number of amides is 2. The van der Waals surface area contributed by atoms with Crippen LogP contribution in [0.2, 0.25) is 0 Å². The second-order valence-electron chi connectivity index (χ2n) is 5.71. The van der Waals surface area contributed by atoms with E-state index in [2.05, 4.69) is 5.32 Å². The molecule has 3 rings (SSSR count). The number of hydrogen-bond acceptors (Lipinski definition) is 6. The Balaban J connectivity index is 2.05. The first-order valence-electron chi connectivity index (χ1n) is 7.97. The molecule has 2 N–H and O–H groups in total. The van der Waals surface area contributed by atoms with Crippen molar-refractivity contribution >= 4 is 63.5 Å². The van der Waals surface area contributed by atoms with E-state index in [4.69, 9.17) is 21.7 Å². The summed E-state index contributed by atoms with van der Waals surface area (Å²) in [6.45, 7) is 0. The number of carbonyl (C=O) groups is 2. The zero-order valence-electron chi connectivity index (χ0n) is 14.9. The number of anilines is 1. The van der Waals surface area contributed by atoms with E-state index >= 15 is 0 Å². The summed E-state index contributed by atoms with van der Waals surface area (Å²) in [6.07, 6.45) is 1.45. The summed E-state index contributed by atoms with van der Waals surface area (Å²) in [5, 5.41) is 12.1. The van der Waals surface area contributed by atoms with Crippen molar-refractivity contribution < 1.29 is 24.2 Å². The van der Waals surface area contributed by atoms with Gasteiger partial charge in [-0.25, -0.2) is 4.90 Å². The maximum absolute atomic E-state index is 13.1. The number of phenols is 1. The Morgan fingerprint density at radius 1 is 1.14 bits per heavy atom. The second-order valence-corrected chi connectivity index (χ2v) is 7.26. The first-order chi connectivity index (χ1) is 13.3. The van der Waals surface area contributed by atoms with Crippen molar-refractivity contribution in [3.05, 3.63) is 51.1 Å². The van der Waals surface area contributed by atoms with Gasteiger partial charge in [-0.15, -0.1) is 0 Å². The number of thiocarbonyl (C=S) groups is 1. The number of nitrogens with one attached hydrogen (secondary N) is 1. The van der Waals surface area contributed by atoms with Gasteiger partial charge in [-0.3, -0.25) is 14.9 Å². The normalized spacial score (nSPS) is 15.6. The van der Waals surface area contributed by atoms with Gasteiger partial charge >= 0.3 is 0 Å². The SMILES string of the molecule is COc1ccc(N2C(=O)/C(=C/c3ccc(O)c(I)c3)C(=O)NC2=S)c(OC)c1. The van der Waals surface area contributed by atoms with Crippen molar-refractivity contribution in [2.24, 2.45) is 0 Å². The monoisotopic (exact) mass is 510 g/mol. The van der Waals surface area contributed by atoms with Crippen LogP contribution in [0.25, 0.3) is 6.08 Å². The standard InChI is InChI=1S/C19H15IN2O5S/c1-26-11-4-5-14(16(9-11)27-2)22-18(25)12(17(24)21-19(22)28)7-10-3-6-15(23)13(20)8-10/h3-9,23H,1-2H3,(H,21,24,28)/b12-7+. The fourth-order valence-electron chi connectivity index (χ4n) is 2.63. The summed E-state index contributed by atoms with van der Waals surface area (Å²) < 4.78 is 11.1. The predicted molar refractivity (Wildman–Crippen MR) is 117 cm³/mol. The lowest BCUT2D eigenvalue weighted by Crippen LogP contribution is -2.54. The Kier molecular flexibility index (Phi) is 5.84. The minimum Gasteiger partial charge on any atom is -0.507 e. The van der Waals surface area contributed by atoms with Crippen LogP contribution in [-0.4, -0.2) is 36.3 Å². The summed E-state index contributed by atoms with van der Waals surface area (Å²) in [5.74, 6) is -0.144. The van der Waals surface area contributed by atoms with Crippen molar-refractivity contribution in [1.82, 2.24) is 5.32 Å². The van der Waals surface area contributed by atoms with E-state index in [0.717, 1.165) is 0 Å². The van der Waals surface area contributed by atoms with E-state index in [-0.39, 0.29) is 16.4 Å². The molecule has 28 heavy (non-hydrogen) atoms. The van der Waals surface area contributed by atoms with Crippen LogP contribution >= 0.6 is 34.8 Å². The van der Waals surface area contributed by atoms with Crippen LogP contribution in [0.4, 0.5) is 5.69 Å². The molecule has 0 atom stereocenters. The molecule has 0 bridgehead atoms. The number of rotatable bonds is 4. The average Bonchev–Trinajstić information content (AvgIpc) is 2.67. The second kappa shape index (κ2) is 8.15. The van der Waals surface area contributed by atoms with Crippen molar-refractivity contribution in [3.63, 3.8) is 0 Å². The van der Waals surface area contributed by atoms with Gasteiger partial charge in [-0.2, -0.15) is 0 Å². The van der Waals surface area contributed by atoms with Gasteiger partial charge in [0.2, 0.25) is 0 Å². The molecule has 0 unspecified atom stereocenters. The number of phenolic OH excluding ortho intramolecular Hbond substituents is 1. The number of ether oxygens (including phenoxy) is 2. The molecular weight excluding hydrogens is 495 g/mol. The lowest BCUT2D eigenvalue weighted by molar-refractivity contribution is -0.122. The van der Waals surface area contributed by atoms with E-state index in [1.807, 2.05) is 22.6 Å². The number of carbonyl (C=O) groups excluding carboxylic acids is 2. The Morgan fingerprint density at radius 3 is 2.54 bits per heavy atom. The third-order valence-electron chi connectivity index (χ3n) is 4.01. The summed E-state index contributed by atoms with van der Waals surface area (Å²) in [5.41, 5.74) is 0.882. The molecule has 1 heterocycles. The van der Waals surface area contributed by atoms with Gasteiger partial charge < -0.3 is 14.6 Å². The van der Waals surface area contributed by atoms with Gasteiger partial charge in [-0.1, -0.05) is 6.07 Å². The van der Waals surface area contributed by atoms with E-state index in [1.165, 1.54) is 31.3 Å². The molecule has 1 saturated heterocycles. The van der Waals surface area contributed by atoms with Gasteiger partial charge in [0.15, 0.2) is 5.11 Å². The highest BCUT2D eigenvalue weighted by molar-refractivity contribution is 14.1. The zero-order valence-corrected chi connectivity index (χ0v) is 17.8. The predicted octanol–water partition coefficient (Wildman–Crippen LogP) is 2.85. The van der Waals surface area contributed by atoms with E-state index in [1.54, 1.807) is 30.3 Å². The number of nitrogens with zero attached hydrogens (tertiary/aromatic N) is 1. The van der Waals surface area contributed by atoms with Crippen LogP contribution in [0.5, 0.6) is 17.2 Å². The van der Waals surface area contributed by atoms with E-state index in [0.29, 0.717) is 26.3 Å². The first kappa shape index (κ1) is 20.1. The van der Waals surface area contributed by atoms with Gasteiger partial charge in [0.25, 0.3) is 11.8 Å². The third kappa shape index (κ3) is 3.80. The summed E-state index contributed by atoms with van der Waals surface area (Å²) >= 11 is 7.18. The van der Waals surface area contributed by atoms with Gasteiger partial charge in [-0.05, 0) is 70.7 Å². The molecule has 2 aromatic carbocycles. The van der Waals surface area contributed by atoms with Crippen LogP contribution in [0.15, 0.2) is 42.0 Å². The van der Waals surface area contributed by atoms with Crippen molar-refractivity contribution in [2.45, 2.75) is 0 Å². The largest absolute Gasteiger partial charge is 0.507 e. The fourth-order valence-corrected chi connectivity index (χ4v) is 3.44. The van der Waals surface area contributed by atoms with Crippen LogP contribution in [-0.2, 0) is 9.59 Å². The van der Waals surface area contributed by atoms with Gasteiger partial charge in [0.05, 0.1) is 23.5 Å². The molecule has 7 nitrogen and oxygen atoms in total. The topological polar surface area (TPSA) is 88.1 Å². The number of halogens is 1. The summed E-state index contributed by atoms with van der Waals surface area (Å²) in [6, 6.07) is 9.67. The molecule has 0 aromatic heterocycles. The quantitative estimate of drug-likeness (QED) is 0.285. The first-order valence-corrected chi connectivity index (χ1v) is 9.46. The van der Waals surface area contributed by atoms with Crippen molar-refractivity contribution in [3.8, 4) is 17.2 Å². The van der Waals surface area contributed by atoms with Gasteiger partial charge in [0, 0.05) is 6.07 Å². The third-order valence-corrected chi connectivity index (χ3v) is 5.16. The van der Waals surface area contributed by atoms with Crippen LogP contribution < -0.4 is 19.7 Å². The summed E-state index contributed by atoms with van der Waals surface area (Å²) in [4.78, 5) is 26.7. The molecule has 1 aliphatic rings. The van der Waals surface area contributed by atoms with Crippen LogP contribution in [0.1, 0.15) is 5.56 Å². The minimum atomic E-state index is -0.596. The molecule has 0 radical (unpaired) electrons. The van der Waals surface area contributed by atoms with Crippen LogP contribution in [0, 0.1) is 3.57 Å². The summed E-state index contributed by atoms with van der Waals surface area (Å²) in [7, 11) is 2.98. The molecule has 0 spiro atoms. The molecule has 2 amide bonds. The zero-order chi connectivity index (χ0) is 20.4. The van der Waals surface area contributed by atoms with E-state index in [9.17, 15) is 14.7 Å². The van der Waals surface area contributed by atoms with Crippen LogP contribution in [0.3, 0.4) is 0 Å². The Morgan fingerprint density at radius 2 is 1.89 bits per heavy atom. The minimum absolute atomic E-state index is 0.0455. The lowest BCUT2D eigenvalue weighted by Gasteiger charge is -2.30. The maximum Gasteiger partial charge on any atom is 0.270 e. The number of methoxy groups -OCH3 is 2. The highest BCUT2D eigenvalue weighted by atomic mass is 127. The van der Waals surface area contributed by atoms with Gasteiger partial charge in [0.1, 0.15) is 22.8 Å². The fraction of sp³-hybridized carbons (Fsp3) is 0.105. The molecule has 1 aliphatic heterocycles. The molecular formula is C19H15IN2O5S. The lowest BCUT2D eigenvalue weighted by atomic mass is 10.1. The molecule has 0 saturated carbocycles. The molecule has 0 aliphatic carbocycles. The average molecular weight is 510 g/mol. The Bertz CT molecular complexity index is 1020. The molecule has 1 fully saturated rings. The highest BCUT2D eigenvalue weighted by Gasteiger charge is 2.36. The Labute approximate surface area is 180 Å². The Hall–Kier alpha value is -2.66.